The molecule has 0 radical (unpaired) electrons. The normalized spacial score (nSPS) is 11.9. The largest absolute Gasteiger partial charge is 0.375 e. The summed E-state index contributed by atoms with van der Waals surface area (Å²) in [6, 6.07) is 6.83. The highest BCUT2D eigenvalue weighted by Gasteiger charge is 2.08. The number of methoxy groups -OCH3 is 1. The third-order valence-corrected chi connectivity index (χ3v) is 3.26. The summed E-state index contributed by atoms with van der Waals surface area (Å²) in [6.07, 6.45) is 2.03. The van der Waals surface area contributed by atoms with Crippen molar-refractivity contribution in [1.82, 2.24) is 5.32 Å². The number of ether oxygens (including phenoxy) is 1. The summed E-state index contributed by atoms with van der Waals surface area (Å²) in [5.74, 6) is 0.410. The van der Waals surface area contributed by atoms with E-state index in [9.17, 15) is 9.59 Å². The molecule has 0 unspecified atom stereocenters. The molecule has 0 bridgehead atoms. The van der Waals surface area contributed by atoms with Crippen molar-refractivity contribution in [3.63, 3.8) is 0 Å². The first-order chi connectivity index (χ1) is 10.9. The lowest BCUT2D eigenvalue weighted by molar-refractivity contribution is -0.119. The molecule has 1 rings (SSSR count). The van der Waals surface area contributed by atoms with Crippen molar-refractivity contribution in [2.45, 2.75) is 39.7 Å². The third kappa shape index (κ3) is 8.21. The first-order valence-corrected chi connectivity index (χ1v) is 7.87. The Bertz CT molecular complexity index is 500. The Morgan fingerprint density at radius 1 is 1.00 bits per heavy atom. The van der Waals surface area contributed by atoms with Gasteiger partial charge < -0.3 is 20.7 Å². The van der Waals surface area contributed by atoms with Gasteiger partial charge >= 0.3 is 6.03 Å². The Labute approximate surface area is 138 Å². The molecule has 128 valence electrons. The molecule has 3 N–H and O–H groups in total. The lowest BCUT2D eigenvalue weighted by Crippen LogP contribution is -2.36. The van der Waals surface area contributed by atoms with Crippen LogP contribution >= 0.6 is 0 Å². The average molecular weight is 321 g/mol. The third-order valence-electron chi connectivity index (χ3n) is 3.26. The van der Waals surface area contributed by atoms with Crippen LogP contribution in [0.2, 0.25) is 0 Å². The smallest absolute Gasteiger partial charge is 0.319 e. The number of benzene rings is 1. The molecule has 0 aliphatic carbocycles. The van der Waals surface area contributed by atoms with Gasteiger partial charge in [0.05, 0.1) is 0 Å². The van der Waals surface area contributed by atoms with Gasteiger partial charge in [0.25, 0.3) is 0 Å². The summed E-state index contributed by atoms with van der Waals surface area (Å²) in [4.78, 5) is 23.3. The number of rotatable bonds is 8. The monoisotopic (exact) mass is 321 g/mol. The zero-order chi connectivity index (χ0) is 17.2. The van der Waals surface area contributed by atoms with Crippen LogP contribution in [-0.2, 0) is 9.53 Å². The number of hydrogen-bond donors (Lipinski definition) is 3. The molecule has 1 aromatic rings. The van der Waals surface area contributed by atoms with Crippen molar-refractivity contribution in [2.75, 3.05) is 24.4 Å². The number of hydrogen-bond acceptors (Lipinski definition) is 3. The van der Waals surface area contributed by atoms with Crippen molar-refractivity contribution >= 4 is 23.3 Å². The fraction of sp³-hybridized carbons (Fsp3) is 0.529. The van der Waals surface area contributed by atoms with Crippen LogP contribution < -0.4 is 16.0 Å². The molecule has 0 heterocycles. The zero-order valence-corrected chi connectivity index (χ0v) is 14.3. The highest BCUT2D eigenvalue weighted by molar-refractivity contribution is 5.93. The maximum Gasteiger partial charge on any atom is 0.319 e. The minimum absolute atomic E-state index is 0.0106. The molecule has 1 atom stereocenters. The minimum atomic E-state index is -0.225. The number of carbonyl (C=O) groups excluding carboxylic acids is 2. The summed E-state index contributed by atoms with van der Waals surface area (Å²) >= 11 is 0. The molecule has 6 nitrogen and oxygen atoms in total. The number of urea groups is 1. The highest BCUT2D eigenvalue weighted by atomic mass is 16.5. The Balaban J connectivity index is 2.42. The second kappa shape index (κ2) is 9.84. The highest BCUT2D eigenvalue weighted by Crippen LogP contribution is 2.13. The summed E-state index contributed by atoms with van der Waals surface area (Å²) in [5.41, 5.74) is 1.33. The van der Waals surface area contributed by atoms with Crippen LogP contribution in [0, 0.1) is 5.92 Å². The standard InChI is InChI=1S/C17H27N3O3/c1-12(2)5-6-13(3)18-17(22)20-15-9-7-14(8-10-15)19-16(21)11-23-4/h7-10,12-13H,5-6,11H2,1-4H3,(H,19,21)(H2,18,20,22)/t13-/m1/s1. The lowest BCUT2D eigenvalue weighted by Gasteiger charge is -2.16. The molecule has 23 heavy (non-hydrogen) atoms. The molecule has 0 aromatic heterocycles. The van der Waals surface area contributed by atoms with Gasteiger partial charge in [0.15, 0.2) is 0 Å². The van der Waals surface area contributed by atoms with E-state index in [2.05, 4.69) is 29.8 Å². The van der Waals surface area contributed by atoms with Gasteiger partial charge in [0.2, 0.25) is 5.91 Å². The Hall–Kier alpha value is -2.08. The van der Waals surface area contributed by atoms with Gasteiger partial charge in [-0.05, 0) is 49.9 Å². The van der Waals surface area contributed by atoms with E-state index < -0.39 is 0 Å². The molecule has 0 saturated carbocycles. The maximum absolute atomic E-state index is 11.9. The molecular weight excluding hydrogens is 294 g/mol. The van der Waals surface area contributed by atoms with Gasteiger partial charge in [-0.3, -0.25) is 4.79 Å². The molecule has 0 fully saturated rings. The molecule has 1 aromatic carbocycles. The Morgan fingerprint density at radius 3 is 2.09 bits per heavy atom. The van der Waals surface area contributed by atoms with Gasteiger partial charge in [-0.2, -0.15) is 0 Å². The van der Waals surface area contributed by atoms with Gasteiger partial charge in [0, 0.05) is 24.5 Å². The van der Waals surface area contributed by atoms with E-state index in [0.717, 1.165) is 12.8 Å². The van der Waals surface area contributed by atoms with Crippen LogP contribution in [-0.4, -0.2) is 31.7 Å². The number of nitrogens with one attached hydrogen (secondary N) is 3. The quantitative estimate of drug-likeness (QED) is 0.688. The van der Waals surface area contributed by atoms with Crippen molar-refractivity contribution in [3.8, 4) is 0 Å². The predicted molar refractivity (Wildman–Crippen MR) is 92.6 cm³/mol. The summed E-state index contributed by atoms with van der Waals surface area (Å²) in [7, 11) is 1.47. The fourth-order valence-electron chi connectivity index (χ4n) is 2.01. The number of anilines is 2. The van der Waals surface area contributed by atoms with Crippen LogP contribution in [0.3, 0.4) is 0 Å². The average Bonchev–Trinajstić information content (AvgIpc) is 2.47. The Kier molecular flexibility index (Phi) is 8.11. The van der Waals surface area contributed by atoms with Crippen molar-refractivity contribution in [2.24, 2.45) is 5.92 Å². The number of amides is 3. The molecule has 0 aliphatic heterocycles. The van der Waals surface area contributed by atoms with E-state index in [1.807, 2.05) is 6.92 Å². The van der Waals surface area contributed by atoms with Gasteiger partial charge in [-0.1, -0.05) is 13.8 Å². The van der Waals surface area contributed by atoms with E-state index in [1.165, 1.54) is 7.11 Å². The second-order valence-corrected chi connectivity index (χ2v) is 6.03. The van der Waals surface area contributed by atoms with E-state index in [0.29, 0.717) is 17.3 Å². The summed E-state index contributed by atoms with van der Waals surface area (Å²) < 4.78 is 4.75. The molecular formula is C17H27N3O3. The minimum Gasteiger partial charge on any atom is -0.375 e. The van der Waals surface area contributed by atoms with Gasteiger partial charge in [0.1, 0.15) is 6.61 Å². The molecule has 0 aliphatic rings. The van der Waals surface area contributed by atoms with E-state index in [4.69, 9.17) is 4.74 Å². The topological polar surface area (TPSA) is 79.5 Å². The van der Waals surface area contributed by atoms with E-state index in [-0.39, 0.29) is 24.6 Å². The second-order valence-electron chi connectivity index (χ2n) is 6.03. The van der Waals surface area contributed by atoms with Crippen LogP contribution in [0.1, 0.15) is 33.6 Å². The molecule has 0 saturated heterocycles. The first kappa shape index (κ1) is 19.0. The van der Waals surface area contributed by atoms with E-state index in [1.54, 1.807) is 24.3 Å². The molecule has 6 heteroatoms. The Morgan fingerprint density at radius 2 is 1.57 bits per heavy atom. The lowest BCUT2D eigenvalue weighted by atomic mass is 10.0. The summed E-state index contributed by atoms with van der Waals surface area (Å²) in [5, 5.41) is 8.38. The van der Waals surface area contributed by atoms with Crippen LogP contribution in [0.15, 0.2) is 24.3 Å². The fourth-order valence-corrected chi connectivity index (χ4v) is 2.01. The van der Waals surface area contributed by atoms with Crippen molar-refractivity contribution in [3.05, 3.63) is 24.3 Å². The van der Waals surface area contributed by atoms with Crippen molar-refractivity contribution in [1.29, 1.82) is 0 Å². The van der Waals surface area contributed by atoms with Crippen LogP contribution in [0.5, 0.6) is 0 Å². The van der Waals surface area contributed by atoms with Crippen LogP contribution in [0.25, 0.3) is 0 Å². The summed E-state index contributed by atoms with van der Waals surface area (Å²) in [6.45, 7) is 6.34. The van der Waals surface area contributed by atoms with Crippen molar-refractivity contribution < 1.29 is 14.3 Å². The predicted octanol–water partition coefficient (Wildman–Crippen LogP) is 3.22. The maximum atomic E-state index is 11.9. The van der Waals surface area contributed by atoms with E-state index >= 15 is 0 Å². The molecule has 3 amide bonds. The first-order valence-electron chi connectivity index (χ1n) is 7.87. The van der Waals surface area contributed by atoms with Crippen LogP contribution in [0.4, 0.5) is 16.2 Å². The SMILES string of the molecule is COCC(=O)Nc1ccc(NC(=O)N[C@H](C)CCC(C)C)cc1. The molecule has 0 spiro atoms. The van der Waals surface area contributed by atoms with Gasteiger partial charge in [-0.15, -0.1) is 0 Å². The zero-order valence-electron chi connectivity index (χ0n) is 14.3. The van der Waals surface area contributed by atoms with Gasteiger partial charge in [-0.25, -0.2) is 4.79 Å². The number of carbonyl (C=O) groups is 2.